The van der Waals surface area contributed by atoms with Gasteiger partial charge in [-0.25, -0.2) is 4.98 Å². The maximum absolute atomic E-state index is 11.8. The normalized spacial score (nSPS) is 10.5. The quantitative estimate of drug-likeness (QED) is 0.916. The highest BCUT2D eigenvalue weighted by Gasteiger charge is 2.11. The van der Waals surface area contributed by atoms with Crippen LogP contribution >= 0.6 is 0 Å². The minimum atomic E-state index is -0.0573. The van der Waals surface area contributed by atoms with E-state index >= 15 is 0 Å². The molecule has 2 rings (SSSR count). The van der Waals surface area contributed by atoms with Crippen molar-refractivity contribution in [2.24, 2.45) is 0 Å². The standard InChI is InChI=1S/C14H17N3O2/c1-9-5-4-6-13(15-9)16-14(18)8-7-12-10(2)17-19-11(12)3/h4-6H,7-8H2,1-3H3,(H,15,16,18). The van der Waals surface area contributed by atoms with Gasteiger partial charge in [-0.05, 0) is 39.3 Å². The molecular weight excluding hydrogens is 242 g/mol. The van der Waals surface area contributed by atoms with Gasteiger partial charge in [-0.1, -0.05) is 11.2 Å². The number of carbonyl (C=O) groups excluding carboxylic acids is 1. The molecule has 5 nitrogen and oxygen atoms in total. The average molecular weight is 259 g/mol. The van der Waals surface area contributed by atoms with E-state index in [4.69, 9.17) is 4.52 Å². The molecule has 19 heavy (non-hydrogen) atoms. The Kier molecular flexibility index (Phi) is 3.94. The van der Waals surface area contributed by atoms with Crippen molar-refractivity contribution < 1.29 is 9.32 Å². The molecule has 0 atom stereocenters. The van der Waals surface area contributed by atoms with Crippen LogP contribution < -0.4 is 5.32 Å². The first-order valence-corrected chi connectivity index (χ1v) is 6.21. The highest BCUT2D eigenvalue weighted by atomic mass is 16.5. The van der Waals surface area contributed by atoms with Crippen molar-refractivity contribution in [3.63, 3.8) is 0 Å². The zero-order valence-corrected chi connectivity index (χ0v) is 11.4. The molecule has 0 unspecified atom stereocenters. The van der Waals surface area contributed by atoms with Gasteiger partial charge in [-0.15, -0.1) is 0 Å². The van der Waals surface area contributed by atoms with Gasteiger partial charge in [0.1, 0.15) is 11.6 Å². The Labute approximate surface area is 112 Å². The van der Waals surface area contributed by atoms with E-state index in [1.54, 1.807) is 6.07 Å². The lowest BCUT2D eigenvalue weighted by Crippen LogP contribution is -2.13. The van der Waals surface area contributed by atoms with E-state index in [0.29, 0.717) is 18.7 Å². The maximum atomic E-state index is 11.8. The Hall–Kier alpha value is -2.17. The van der Waals surface area contributed by atoms with Gasteiger partial charge < -0.3 is 9.84 Å². The second kappa shape index (κ2) is 5.65. The van der Waals surface area contributed by atoms with Crippen LogP contribution in [0.1, 0.15) is 29.1 Å². The molecule has 0 fully saturated rings. The van der Waals surface area contributed by atoms with Gasteiger partial charge in [-0.3, -0.25) is 4.79 Å². The van der Waals surface area contributed by atoms with Crippen molar-refractivity contribution in [3.05, 3.63) is 40.9 Å². The number of nitrogens with zero attached hydrogens (tertiary/aromatic N) is 2. The van der Waals surface area contributed by atoms with Gasteiger partial charge in [0.05, 0.1) is 5.69 Å². The lowest BCUT2D eigenvalue weighted by molar-refractivity contribution is -0.116. The first-order valence-electron chi connectivity index (χ1n) is 6.21. The van der Waals surface area contributed by atoms with Gasteiger partial charge in [0.25, 0.3) is 0 Å². The van der Waals surface area contributed by atoms with Crippen LogP contribution in [0.25, 0.3) is 0 Å². The Bertz CT molecular complexity index is 571. The average Bonchev–Trinajstić information content (AvgIpc) is 2.67. The largest absolute Gasteiger partial charge is 0.361 e. The van der Waals surface area contributed by atoms with Gasteiger partial charge in [0.2, 0.25) is 5.91 Å². The van der Waals surface area contributed by atoms with E-state index in [9.17, 15) is 4.79 Å². The number of carbonyl (C=O) groups is 1. The monoisotopic (exact) mass is 259 g/mol. The molecule has 0 radical (unpaired) electrons. The summed E-state index contributed by atoms with van der Waals surface area (Å²) < 4.78 is 5.07. The summed E-state index contributed by atoms with van der Waals surface area (Å²) in [6, 6.07) is 5.53. The Morgan fingerprint density at radius 1 is 1.32 bits per heavy atom. The fourth-order valence-corrected chi connectivity index (χ4v) is 1.92. The van der Waals surface area contributed by atoms with Crippen LogP contribution in [0.3, 0.4) is 0 Å². The van der Waals surface area contributed by atoms with Gasteiger partial charge in [-0.2, -0.15) is 0 Å². The highest BCUT2D eigenvalue weighted by molar-refractivity contribution is 5.89. The predicted molar refractivity (Wildman–Crippen MR) is 71.9 cm³/mol. The Balaban J connectivity index is 1.92. The van der Waals surface area contributed by atoms with Crippen LogP contribution in [0.2, 0.25) is 0 Å². The van der Waals surface area contributed by atoms with Crippen LogP contribution in [-0.2, 0) is 11.2 Å². The SMILES string of the molecule is Cc1cccc(NC(=O)CCc2c(C)noc2C)n1. The highest BCUT2D eigenvalue weighted by Crippen LogP contribution is 2.14. The molecule has 2 aromatic rings. The molecule has 0 aliphatic carbocycles. The second-order valence-electron chi connectivity index (χ2n) is 4.52. The summed E-state index contributed by atoms with van der Waals surface area (Å²) in [5, 5.41) is 6.65. The summed E-state index contributed by atoms with van der Waals surface area (Å²) in [7, 11) is 0. The van der Waals surface area contributed by atoms with Crippen molar-refractivity contribution in [1.82, 2.24) is 10.1 Å². The molecule has 0 aromatic carbocycles. The van der Waals surface area contributed by atoms with Gasteiger partial charge in [0.15, 0.2) is 0 Å². The van der Waals surface area contributed by atoms with Crippen LogP contribution in [0, 0.1) is 20.8 Å². The van der Waals surface area contributed by atoms with E-state index in [1.165, 1.54) is 0 Å². The lowest BCUT2D eigenvalue weighted by Gasteiger charge is -2.04. The Morgan fingerprint density at radius 2 is 2.11 bits per heavy atom. The zero-order chi connectivity index (χ0) is 13.8. The third kappa shape index (κ3) is 3.40. The van der Waals surface area contributed by atoms with E-state index in [2.05, 4.69) is 15.5 Å². The maximum Gasteiger partial charge on any atom is 0.225 e. The van der Waals surface area contributed by atoms with Crippen molar-refractivity contribution in [1.29, 1.82) is 0 Å². The van der Waals surface area contributed by atoms with Gasteiger partial charge in [0, 0.05) is 17.7 Å². The number of rotatable bonds is 4. The first-order chi connectivity index (χ1) is 9.06. The number of aryl methyl sites for hydroxylation is 3. The molecule has 0 aliphatic heterocycles. The van der Waals surface area contributed by atoms with Crippen LogP contribution in [-0.4, -0.2) is 16.0 Å². The van der Waals surface area contributed by atoms with E-state index < -0.39 is 0 Å². The molecule has 0 saturated carbocycles. The number of pyridine rings is 1. The Morgan fingerprint density at radius 3 is 2.74 bits per heavy atom. The van der Waals surface area contributed by atoms with E-state index in [-0.39, 0.29) is 5.91 Å². The minimum absolute atomic E-state index is 0.0573. The molecule has 0 spiro atoms. The summed E-state index contributed by atoms with van der Waals surface area (Å²) in [6.45, 7) is 5.63. The second-order valence-corrected chi connectivity index (χ2v) is 4.52. The van der Waals surface area contributed by atoms with Crippen molar-refractivity contribution >= 4 is 11.7 Å². The zero-order valence-electron chi connectivity index (χ0n) is 11.4. The summed E-state index contributed by atoms with van der Waals surface area (Å²) in [5.74, 6) is 1.31. The van der Waals surface area contributed by atoms with E-state index in [1.807, 2.05) is 32.9 Å². The molecule has 100 valence electrons. The lowest BCUT2D eigenvalue weighted by atomic mass is 10.1. The van der Waals surface area contributed by atoms with Crippen molar-refractivity contribution in [3.8, 4) is 0 Å². The first kappa shape index (κ1) is 13.3. The molecule has 0 aliphatic rings. The number of anilines is 1. The molecular formula is C14H17N3O2. The van der Waals surface area contributed by atoms with Crippen molar-refractivity contribution in [2.45, 2.75) is 33.6 Å². The molecule has 5 heteroatoms. The van der Waals surface area contributed by atoms with Crippen LogP contribution in [0.15, 0.2) is 22.7 Å². The number of hydrogen-bond donors (Lipinski definition) is 1. The predicted octanol–water partition coefficient (Wildman–Crippen LogP) is 2.57. The fourth-order valence-electron chi connectivity index (χ4n) is 1.92. The number of aromatic nitrogens is 2. The smallest absolute Gasteiger partial charge is 0.225 e. The number of hydrogen-bond acceptors (Lipinski definition) is 4. The summed E-state index contributed by atoms with van der Waals surface area (Å²) in [5.41, 5.74) is 2.73. The van der Waals surface area contributed by atoms with Gasteiger partial charge >= 0.3 is 0 Å². The van der Waals surface area contributed by atoms with Crippen LogP contribution in [0.4, 0.5) is 5.82 Å². The molecule has 2 heterocycles. The third-order valence-corrected chi connectivity index (χ3v) is 2.94. The molecule has 0 saturated heterocycles. The fraction of sp³-hybridized carbons (Fsp3) is 0.357. The number of nitrogens with one attached hydrogen (secondary N) is 1. The van der Waals surface area contributed by atoms with Crippen LogP contribution in [0.5, 0.6) is 0 Å². The summed E-state index contributed by atoms with van der Waals surface area (Å²) >= 11 is 0. The molecule has 1 N–H and O–H groups in total. The molecule has 2 aromatic heterocycles. The molecule has 1 amide bonds. The minimum Gasteiger partial charge on any atom is -0.361 e. The topological polar surface area (TPSA) is 68.0 Å². The molecule has 0 bridgehead atoms. The summed E-state index contributed by atoms with van der Waals surface area (Å²) in [6.07, 6.45) is 1.01. The summed E-state index contributed by atoms with van der Waals surface area (Å²) in [4.78, 5) is 16.1. The third-order valence-electron chi connectivity index (χ3n) is 2.94. The van der Waals surface area contributed by atoms with E-state index in [0.717, 1.165) is 22.7 Å². The van der Waals surface area contributed by atoms with Crippen molar-refractivity contribution in [2.75, 3.05) is 5.32 Å². The number of amides is 1.